The lowest BCUT2D eigenvalue weighted by Crippen LogP contribution is -2.35. The number of nitrogens with one attached hydrogen (secondary N) is 3. The molecule has 5 N–H and O–H groups in total. The molecular weight excluding hydrogens is 420 g/mol. The Kier molecular flexibility index (Phi) is 7.54. The second-order valence-corrected chi connectivity index (χ2v) is 8.52. The Morgan fingerprint density at radius 1 is 1.12 bits per heavy atom. The molecule has 176 valence electrons. The zero-order valence-electron chi connectivity index (χ0n) is 18.8. The van der Waals surface area contributed by atoms with Crippen LogP contribution < -0.4 is 16.0 Å². The molecule has 0 saturated heterocycles. The third kappa shape index (κ3) is 5.32. The maximum Gasteiger partial charge on any atom is 0.221 e. The summed E-state index contributed by atoms with van der Waals surface area (Å²) in [5.41, 5.74) is 1.93. The van der Waals surface area contributed by atoms with Crippen LogP contribution in [0.5, 0.6) is 0 Å². The molecule has 0 spiro atoms. The number of hydrogen-bond acceptors (Lipinski definition) is 7. The molecule has 4 rings (SSSR count). The highest BCUT2D eigenvalue weighted by molar-refractivity contribution is 5.87. The molecule has 4 atom stereocenters. The number of anilines is 1. The number of carbonyl (C=O) groups excluding carboxylic acids is 1. The molecule has 3 aromatic rings. The van der Waals surface area contributed by atoms with Gasteiger partial charge in [-0.05, 0) is 24.5 Å². The number of rotatable bonds is 10. The quantitative estimate of drug-likeness (QED) is 0.292. The SMILES string of the molecule is CNc1ncnc2c1ccn2[C@@H]1C[C@@H](CNCCC(=O)NCCc2ccccc2)[C@@H](O)[C@H]1O. The van der Waals surface area contributed by atoms with Gasteiger partial charge >= 0.3 is 0 Å². The van der Waals surface area contributed by atoms with Crippen molar-refractivity contribution in [3.05, 3.63) is 54.5 Å². The molecule has 9 nitrogen and oxygen atoms in total. The zero-order valence-corrected chi connectivity index (χ0v) is 18.8. The van der Waals surface area contributed by atoms with Gasteiger partial charge in [-0.15, -0.1) is 0 Å². The van der Waals surface area contributed by atoms with E-state index in [1.165, 1.54) is 11.9 Å². The van der Waals surface area contributed by atoms with Gasteiger partial charge in [-0.25, -0.2) is 9.97 Å². The highest BCUT2D eigenvalue weighted by Gasteiger charge is 2.42. The van der Waals surface area contributed by atoms with Gasteiger partial charge in [-0.3, -0.25) is 4.79 Å². The van der Waals surface area contributed by atoms with Crippen LogP contribution in [0.15, 0.2) is 48.9 Å². The van der Waals surface area contributed by atoms with E-state index in [-0.39, 0.29) is 17.9 Å². The van der Waals surface area contributed by atoms with Gasteiger partial charge in [0.25, 0.3) is 0 Å². The Morgan fingerprint density at radius 3 is 2.73 bits per heavy atom. The van der Waals surface area contributed by atoms with Gasteiger partial charge in [0.1, 0.15) is 23.9 Å². The van der Waals surface area contributed by atoms with Crippen LogP contribution in [0.3, 0.4) is 0 Å². The maximum absolute atomic E-state index is 12.1. The largest absolute Gasteiger partial charge is 0.390 e. The van der Waals surface area contributed by atoms with Crippen molar-refractivity contribution in [3.63, 3.8) is 0 Å². The van der Waals surface area contributed by atoms with Gasteiger partial charge < -0.3 is 30.7 Å². The second-order valence-electron chi connectivity index (χ2n) is 8.52. The Balaban J connectivity index is 1.23. The molecule has 0 radical (unpaired) electrons. The second kappa shape index (κ2) is 10.7. The lowest BCUT2D eigenvalue weighted by atomic mass is 10.1. The first-order chi connectivity index (χ1) is 16.1. The topological polar surface area (TPSA) is 124 Å². The lowest BCUT2D eigenvalue weighted by molar-refractivity contribution is -0.120. The molecule has 1 aliphatic rings. The van der Waals surface area contributed by atoms with E-state index in [1.807, 2.05) is 47.2 Å². The minimum absolute atomic E-state index is 0.00199. The molecule has 2 heterocycles. The number of fused-ring (bicyclic) bond motifs is 1. The smallest absolute Gasteiger partial charge is 0.221 e. The molecule has 1 amide bonds. The number of aliphatic hydroxyl groups excluding tert-OH is 2. The summed E-state index contributed by atoms with van der Waals surface area (Å²) in [5, 5.41) is 31.4. The van der Waals surface area contributed by atoms with Gasteiger partial charge in [0.05, 0.1) is 17.5 Å². The Bertz CT molecular complexity index is 1060. The Labute approximate surface area is 193 Å². The lowest BCUT2D eigenvalue weighted by Gasteiger charge is -2.19. The molecule has 33 heavy (non-hydrogen) atoms. The molecule has 1 aromatic carbocycles. The van der Waals surface area contributed by atoms with Gasteiger partial charge in [0, 0.05) is 45.2 Å². The fourth-order valence-corrected chi connectivity index (χ4v) is 4.58. The first-order valence-electron chi connectivity index (χ1n) is 11.4. The van der Waals surface area contributed by atoms with E-state index in [2.05, 4.69) is 25.9 Å². The van der Waals surface area contributed by atoms with E-state index in [0.29, 0.717) is 32.5 Å². The maximum atomic E-state index is 12.1. The van der Waals surface area contributed by atoms with E-state index in [9.17, 15) is 15.0 Å². The number of hydrogen-bond donors (Lipinski definition) is 5. The standard InChI is InChI=1S/C24H32N6O3/c1-25-23-18-9-12-30(24(18)29-15-28-23)19-13-17(21(32)22(19)33)14-26-10-8-20(31)27-11-7-16-5-3-2-4-6-16/h2-6,9,12,15,17,19,21-22,26,32-33H,7-8,10-11,13-14H2,1H3,(H,27,31)(H,25,28,29)/t17-,19+,21+,22-/m0/s1. The van der Waals surface area contributed by atoms with E-state index in [0.717, 1.165) is 23.3 Å². The summed E-state index contributed by atoms with van der Waals surface area (Å²) < 4.78 is 1.92. The highest BCUT2D eigenvalue weighted by Crippen LogP contribution is 2.37. The van der Waals surface area contributed by atoms with E-state index >= 15 is 0 Å². The molecule has 1 saturated carbocycles. The van der Waals surface area contributed by atoms with Crippen molar-refractivity contribution < 1.29 is 15.0 Å². The third-order valence-corrected chi connectivity index (χ3v) is 6.39. The normalized spacial score (nSPS) is 22.5. The minimum Gasteiger partial charge on any atom is -0.390 e. The number of carbonyl (C=O) groups is 1. The fraction of sp³-hybridized carbons (Fsp3) is 0.458. The van der Waals surface area contributed by atoms with Gasteiger partial charge in [0.15, 0.2) is 0 Å². The highest BCUT2D eigenvalue weighted by atomic mass is 16.3. The van der Waals surface area contributed by atoms with Crippen LogP contribution in [-0.4, -0.2) is 69.5 Å². The predicted molar refractivity (Wildman–Crippen MR) is 127 cm³/mol. The van der Waals surface area contributed by atoms with Crippen molar-refractivity contribution in [1.82, 2.24) is 25.2 Å². The molecule has 0 unspecified atom stereocenters. The van der Waals surface area contributed by atoms with Crippen molar-refractivity contribution >= 4 is 22.8 Å². The molecular formula is C24H32N6O3. The van der Waals surface area contributed by atoms with Crippen molar-refractivity contribution in [2.75, 3.05) is 32.0 Å². The van der Waals surface area contributed by atoms with Crippen molar-refractivity contribution in [1.29, 1.82) is 0 Å². The van der Waals surface area contributed by atoms with Crippen LogP contribution in [0.1, 0.15) is 24.4 Å². The summed E-state index contributed by atoms with van der Waals surface area (Å²) in [4.78, 5) is 20.7. The average Bonchev–Trinajstić information content (AvgIpc) is 3.38. The number of aliphatic hydroxyl groups is 2. The van der Waals surface area contributed by atoms with Crippen LogP contribution in [0, 0.1) is 5.92 Å². The van der Waals surface area contributed by atoms with E-state index < -0.39 is 12.2 Å². The summed E-state index contributed by atoms with van der Waals surface area (Å²) in [6.45, 7) is 1.66. The number of amides is 1. The molecule has 1 aliphatic carbocycles. The number of benzene rings is 1. The first-order valence-corrected chi connectivity index (χ1v) is 11.4. The Hall–Kier alpha value is -3.01. The van der Waals surface area contributed by atoms with Crippen molar-refractivity contribution in [3.8, 4) is 0 Å². The molecule has 0 bridgehead atoms. The third-order valence-electron chi connectivity index (χ3n) is 6.39. The van der Waals surface area contributed by atoms with Crippen LogP contribution in [0.4, 0.5) is 5.82 Å². The Morgan fingerprint density at radius 2 is 1.94 bits per heavy atom. The van der Waals surface area contributed by atoms with Crippen LogP contribution in [-0.2, 0) is 11.2 Å². The van der Waals surface area contributed by atoms with Crippen LogP contribution >= 0.6 is 0 Å². The fourth-order valence-electron chi connectivity index (χ4n) is 4.58. The number of aromatic nitrogens is 3. The van der Waals surface area contributed by atoms with Gasteiger partial charge in [-0.1, -0.05) is 30.3 Å². The summed E-state index contributed by atoms with van der Waals surface area (Å²) >= 11 is 0. The predicted octanol–water partition coefficient (Wildman–Crippen LogP) is 1.09. The van der Waals surface area contributed by atoms with Gasteiger partial charge in [0.2, 0.25) is 5.91 Å². The van der Waals surface area contributed by atoms with Crippen LogP contribution in [0.25, 0.3) is 11.0 Å². The summed E-state index contributed by atoms with van der Waals surface area (Å²) in [5.74, 6) is 0.614. The van der Waals surface area contributed by atoms with E-state index in [4.69, 9.17) is 0 Å². The first kappa shape index (κ1) is 23.2. The molecule has 1 fully saturated rings. The summed E-state index contributed by atoms with van der Waals surface area (Å²) in [6.07, 6.45) is 3.44. The monoisotopic (exact) mass is 452 g/mol. The van der Waals surface area contributed by atoms with E-state index in [1.54, 1.807) is 7.05 Å². The molecule has 0 aliphatic heterocycles. The summed E-state index contributed by atoms with van der Waals surface area (Å²) in [7, 11) is 1.80. The number of nitrogens with zero attached hydrogens (tertiary/aromatic N) is 3. The van der Waals surface area contributed by atoms with Crippen molar-refractivity contribution in [2.45, 2.75) is 37.5 Å². The van der Waals surface area contributed by atoms with Crippen molar-refractivity contribution in [2.24, 2.45) is 5.92 Å². The zero-order chi connectivity index (χ0) is 23.2. The molecule has 2 aromatic heterocycles. The van der Waals surface area contributed by atoms with Crippen LogP contribution in [0.2, 0.25) is 0 Å². The molecule has 9 heteroatoms. The average molecular weight is 453 g/mol. The minimum atomic E-state index is -0.887. The van der Waals surface area contributed by atoms with Gasteiger partial charge in [-0.2, -0.15) is 0 Å². The summed E-state index contributed by atoms with van der Waals surface area (Å²) in [6, 6.07) is 11.7.